The van der Waals surface area contributed by atoms with Crippen molar-refractivity contribution in [2.45, 2.75) is 27.7 Å². The molecule has 124 valence electrons. The molecule has 0 saturated carbocycles. The number of hydrogen-bond acceptors (Lipinski definition) is 0. The van der Waals surface area contributed by atoms with Gasteiger partial charge in [-0.2, -0.15) is 0 Å². The standard InChI is InChI=1S/2C8H11P.2C2H6/c2*1-9(2)8-6-4-3-5-7-8;2*1-2/h2*3-7H,1-2H3;2*1-2H3. The summed E-state index contributed by atoms with van der Waals surface area (Å²) in [5.74, 6) is 0. The fourth-order valence-electron chi connectivity index (χ4n) is 1.45. The first-order valence-corrected chi connectivity index (χ1v) is 12.5. The first-order valence-electron chi connectivity index (χ1n) is 8.06. The lowest BCUT2D eigenvalue weighted by atomic mass is 10.4. The van der Waals surface area contributed by atoms with E-state index in [-0.39, 0.29) is 15.8 Å². The number of benzene rings is 2. The molecule has 0 aliphatic heterocycles. The van der Waals surface area contributed by atoms with Gasteiger partial charge in [-0.25, -0.2) is 0 Å². The van der Waals surface area contributed by atoms with Crippen molar-refractivity contribution in [3.63, 3.8) is 0 Å². The Balaban J connectivity index is 0. The van der Waals surface area contributed by atoms with Crippen molar-refractivity contribution >= 4 is 26.5 Å². The molecule has 0 bridgehead atoms. The molecule has 22 heavy (non-hydrogen) atoms. The normalized spacial score (nSPS) is 8.82. The van der Waals surface area contributed by atoms with Gasteiger partial charge in [0.05, 0.1) is 0 Å². The highest BCUT2D eigenvalue weighted by molar-refractivity contribution is 7.64. The Morgan fingerprint density at radius 1 is 0.455 bits per heavy atom. The van der Waals surface area contributed by atoms with E-state index in [0.717, 1.165) is 0 Å². The largest absolute Gasteiger partial charge is 0.0817 e. The summed E-state index contributed by atoms with van der Waals surface area (Å²) in [5, 5.41) is 2.96. The van der Waals surface area contributed by atoms with Crippen molar-refractivity contribution in [1.29, 1.82) is 0 Å². The van der Waals surface area contributed by atoms with E-state index < -0.39 is 0 Å². The summed E-state index contributed by atoms with van der Waals surface area (Å²) in [7, 11) is 0.209. The topological polar surface area (TPSA) is 0 Å². The van der Waals surface area contributed by atoms with E-state index in [2.05, 4.69) is 87.3 Å². The van der Waals surface area contributed by atoms with Crippen LogP contribution >= 0.6 is 15.8 Å². The molecule has 0 saturated heterocycles. The van der Waals surface area contributed by atoms with Crippen LogP contribution in [0.2, 0.25) is 0 Å². The second-order valence-corrected chi connectivity index (χ2v) is 9.07. The van der Waals surface area contributed by atoms with Crippen molar-refractivity contribution in [2.75, 3.05) is 26.7 Å². The summed E-state index contributed by atoms with van der Waals surface area (Å²) >= 11 is 0. The van der Waals surface area contributed by atoms with Gasteiger partial charge in [0.15, 0.2) is 0 Å². The van der Waals surface area contributed by atoms with Crippen LogP contribution in [-0.2, 0) is 0 Å². The Morgan fingerprint density at radius 2 is 0.682 bits per heavy atom. The average molecular weight is 336 g/mol. The van der Waals surface area contributed by atoms with Gasteiger partial charge in [0, 0.05) is 0 Å². The zero-order valence-corrected chi connectivity index (χ0v) is 17.5. The molecule has 0 spiro atoms. The highest BCUT2D eigenvalue weighted by atomic mass is 31.1. The predicted molar refractivity (Wildman–Crippen MR) is 112 cm³/mol. The maximum atomic E-state index is 2.27. The summed E-state index contributed by atoms with van der Waals surface area (Å²) < 4.78 is 0. The second-order valence-electron chi connectivity index (χ2n) is 4.46. The van der Waals surface area contributed by atoms with Crippen molar-refractivity contribution < 1.29 is 0 Å². The highest BCUT2D eigenvalue weighted by Gasteiger charge is 1.93. The maximum Gasteiger partial charge on any atom is -0.0246 e. The fourth-order valence-corrected chi connectivity index (χ4v) is 2.99. The Morgan fingerprint density at radius 3 is 0.818 bits per heavy atom. The molecule has 0 aromatic heterocycles. The van der Waals surface area contributed by atoms with Crippen molar-refractivity contribution in [3.8, 4) is 0 Å². The molecule has 0 radical (unpaired) electrons. The molecular weight excluding hydrogens is 302 g/mol. The Labute approximate surface area is 141 Å². The lowest BCUT2D eigenvalue weighted by molar-refractivity contribution is 1.50. The van der Waals surface area contributed by atoms with Crippen LogP contribution in [0.25, 0.3) is 0 Å². The van der Waals surface area contributed by atoms with Crippen LogP contribution in [0.15, 0.2) is 60.7 Å². The van der Waals surface area contributed by atoms with E-state index in [9.17, 15) is 0 Å². The van der Waals surface area contributed by atoms with E-state index in [1.807, 2.05) is 27.7 Å². The first-order chi connectivity index (χ1) is 10.6. The maximum absolute atomic E-state index is 2.27. The molecule has 0 nitrogen and oxygen atoms in total. The molecule has 0 fully saturated rings. The van der Waals surface area contributed by atoms with Crippen molar-refractivity contribution in [2.24, 2.45) is 0 Å². The third-order valence-corrected chi connectivity index (χ3v) is 5.21. The Kier molecular flexibility index (Phi) is 17.9. The minimum absolute atomic E-state index is 0.104. The van der Waals surface area contributed by atoms with E-state index >= 15 is 0 Å². The molecule has 2 rings (SSSR count). The quantitative estimate of drug-likeness (QED) is 0.576. The van der Waals surface area contributed by atoms with Gasteiger partial charge in [-0.3, -0.25) is 0 Å². The predicted octanol–water partition coefficient (Wildman–Crippen LogP) is 6.16. The van der Waals surface area contributed by atoms with Crippen LogP contribution < -0.4 is 10.6 Å². The van der Waals surface area contributed by atoms with Crippen LogP contribution in [0.4, 0.5) is 0 Å². The van der Waals surface area contributed by atoms with Gasteiger partial charge in [0.2, 0.25) is 0 Å². The second kappa shape index (κ2) is 16.7. The van der Waals surface area contributed by atoms with Crippen LogP contribution in [0.3, 0.4) is 0 Å². The third kappa shape index (κ3) is 11.9. The van der Waals surface area contributed by atoms with Gasteiger partial charge in [-0.1, -0.05) is 104 Å². The molecule has 2 aromatic rings. The van der Waals surface area contributed by atoms with Crippen LogP contribution in [0.1, 0.15) is 27.7 Å². The van der Waals surface area contributed by atoms with Gasteiger partial charge in [0.1, 0.15) is 0 Å². The van der Waals surface area contributed by atoms with Crippen molar-refractivity contribution in [3.05, 3.63) is 60.7 Å². The Bertz CT molecular complexity index is 378. The molecule has 2 aromatic carbocycles. The summed E-state index contributed by atoms with van der Waals surface area (Å²) in [6.45, 7) is 17.1. The summed E-state index contributed by atoms with van der Waals surface area (Å²) in [6.07, 6.45) is 0. The third-order valence-electron chi connectivity index (χ3n) is 2.55. The van der Waals surface area contributed by atoms with Crippen molar-refractivity contribution in [1.82, 2.24) is 0 Å². The van der Waals surface area contributed by atoms with Crippen LogP contribution in [-0.4, -0.2) is 26.7 Å². The van der Waals surface area contributed by atoms with E-state index in [1.54, 1.807) is 0 Å². The van der Waals surface area contributed by atoms with Gasteiger partial charge in [0.25, 0.3) is 0 Å². The molecule has 0 aliphatic rings. The average Bonchev–Trinajstić information content (AvgIpc) is 2.60. The molecule has 0 N–H and O–H groups in total. The smallest absolute Gasteiger partial charge is 0.0246 e. The SMILES string of the molecule is CC.CC.CP(C)c1ccccc1.CP(C)c1ccccc1. The highest BCUT2D eigenvalue weighted by Crippen LogP contribution is 2.22. The monoisotopic (exact) mass is 336 g/mol. The number of hydrogen-bond donors (Lipinski definition) is 0. The van der Waals surface area contributed by atoms with E-state index in [0.29, 0.717) is 0 Å². The molecule has 0 unspecified atom stereocenters. The first kappa shape index (κ1) is 23.6. The van der Waals surface area contributed by atoms with Gasteiger partial charge >= 0.3 is 0 Å². The van der Waals surface area contributed by atoms with E-state index in [4.69, 9.17) is 0 Å². The minimum atomic E-state index is 0.104. The lowest BCUT2D eigenvalue weighted by Crippen LogP contribution is -1.95. The summed E-state index contributed by atoms with van der Waals surface area (Å²) in [4.78, 5) is 0. The lowest BCUT2D eigenvalue weighted by Gasteiger charge is -2.02. The van der Waals surface area contributed by atoms with Crippen LogP contribution in [0, 0.1) is 0 Å². The molecular formula is C20H34P2. The minimum Gasteiger partial charge on any atom is -0.0817 e. The molecule has 0 amide bonds. The number of rotatable bonds is 2. The van der Waals surface area contributed by atoms with Gasteiger partial charge < -0.3 is 0 Å². The summed E-state index contributed by atoms with van der Waals surface area (Å²) in [6, 6.07) is 21.2. The van der Waals surface area contributed by atoms with Crippen LogP contribution in [0.5, 0.6) is 0 Å². The molecule has 0 heterocycles. The van der Waals surface area contributed by atoms with E-state index in [1.165, 1.54) is 10.6 Å². The molecule has 2 heteroatoms. The zero-order valence-electron chi connectivity index (χ0n) is 15.7. The Hall–Kier alpha value is -0.700. The molecule has 0 aliphatic carbocycles. The fraction of sp³-hybridized carbons (Fsp3) is 0.400. The van der Waals surface area contributed by atoms with Gasteiger partial charge in [-0.15, -0.1) is 0 Å². The molecule has 0 atom stereocenters. The van der Waals surface area contributed by atoms with Gasteiger partial charge in [-0.05, 0) is 37.3 Å². The summed E-state index contributed by atoms with van der Waals surface area (Å²) in [5.41, 5.74) is 0. The zero-order chi connectivity index (χ0) is 17.4.